The number of aromatic nitrogens is 2. The molecule has 2 aromatic rings. The second-order valence-electron chi connectivity index (χ2n) is 6.47. The normalized spacial score (nSPS) is 14.6. The highest BCUT2D eigenvalue weighted by Gasteiger charge is 2.27. The molecule has 6 heteroatoms. The lowest BCUT2D eigenvalue weighted by molar-refractivity contribution is 0.264. The van der Waals surface area contributed by atoms with Crippen LogP contribution in [0.25, 0.3) is 11.0 Å². The fourth-order valence-corrected chi connectivity index (χ4v) is 3.37. The lowest BCUT2D eigenvalue weighted by Crippen LogP contribution is -2.22. The Morgan fingerprint density at radius 1 is 1.33 bits per heavy atom. The first-order valence-electron chi connectivity index (χ1n) is 6.83. The fourth-order valence-electron chi connectivity index (χ4n) is 2.35. The Morgan fingerprint density at radius 3 is 2.43 bits per heavy atom. The topological polar surface area (TPSA) is 52.0 Å². The molecule has 1 atom stereocenters. The van der Waals surface area contributed by atoms with Crippen LogP contribution in [0.5, 0.6) is 0 Å². The molecule has 4 nitrogen and oxygen atoms in total. The van der Waals surface area contributed by atoms with Gasteiger partial charge in [-0.2, -0.15) is 0 Å². The second-order valence-corrected chi connectivity index (χ2v) is 8.72. The van der Waals surface area contributed by atoms with Crippen molar-refractivity contribution in [2.75, 3.05) is 6.26 Å². The average Bonchev–Trinajstić information content (AvgIpc) is 2.73. The zero-order chi connectivity index (χ0) is 16.0. The molecule has 0 saturated carbocycles. The van der Waals surface area contributed by atoms with Gasteiger partial charge in [0.25, 0.3) is 0 Å². The van der Waals surface area contributed by atoms with Gasteiger partial charge in [0.1, 0.15) is 11.3 Å². The number of halogens is 1. The number of rotatable bonds is 3. The third kappa shape index (κ3) is 2.94. The van der Waals surface area contributed by atoms with E-state index >= 15 is 0 Å². The number of hydrogen-bond donors (Lipinski definition) is 0. The Hall–Kier alpha value is -1.07. The van der Waals surface area contributed by atoms with Crippen molar-refractivity contribution in [3.8, 4) is 0 Å². The Morgan fingerprint density at radius 2 is 1.95 bits per heavy atom. The largest absolute Gasteiger partial charge is 0.324 e. The van der Waals surface area contributed by atoms with Gasteiger partial charge in [-0.15, -0.1) is 11.6 Å². The zero-order valence-corrected chi connectivity index (χ0v) is 14.6. The molecule has 0 bridgehead atoms. The van der Waals surface area contributed by atoms with E-state index in [1.54, 1.807) is 12.1 Å². The molecule has 1 aromatic carbocycles. The van der Waals surface area contributed by atoms with E-state index in [9.17, 15) is 8.42 Å². The monoisotopic (exact) mass is 328 g/mol. The molecule has 0 aliphatic carbocycles. The number of fused-ring (bicyclic) bond motifs is 1. The van der Waals surface area contributed by atoms with Crippen LogP contribution in [0.4, 0.5) is 0 Å². The predicted molar refractivity (Wildman–Crippen MR) is 86.6 cm³/mol. The third-order valence-electron chi connectivity index (χ3n) is 3.92. The average molecular weight is 329 g/mol. The summed E-state index contributed by atoms with van der Waals surface area (Å²) in [7, 11) is -3.32. The number of hydrogen-bond acceptors (Lipinski definition) is 3. The van der Waals surface area contributed by atoms with E-state index < -0.39 is 9.84 Å². The Balaban J connectivity index is 2.84. The summed E-state index contributed by atoms with van der Waals surface area (Å²) in [5.74, 6) is 0.948. The van der Waals surface area contributed by atoms with E-state index in [1.165, 1.54) is 6.26 Å². The van der Waals surface area contributed by atoms with Crippen LogP contribution < -0.4 is 0 Å². The molecular weight excluding hydrogens is 308 g/mol. The van der Waals surface area contributed by atoms with Crippen LogP contribution in [-0.4, -0.2) is 24.2 Å². The first-order chi connectivity index (χ1) is 9.57. The second kappa shape index (κ2) is 5.29. The molecule has 1 heterocycles. The number of benzene rings is 1. The van der Waals surface area contributed by atoms with Gasteiger partial charge in [-0.05, 0) is 24.5 Å². The maximum absolute atomic E-state index is 11.9. The Kier molecular flexibility index (Phi) is 4.10. The van der Waals surface area contributed by atoms with Gasteiger partial charge in [0.2, 0.25) is 0 Å². The summed E-state index contributed by atoms with van der Waals surface area (Å²) >= 11 is 6.03. The number of alkyl halides is 1. The molecular formula is C15H21ClN2O2S. The van der Waals surface area contributed by atoms with Gasteiger partial charge >= 0.3 is 0 Å². The summed E-state index contributed by atoms with van der Waals surface area (Å²) in [6, 6.07) is 5.39. The zero-order valence-electron chi connectivity index (χ0n) is 13.0. The molecule has 0 spiro atoms. The minimum atomic E-state index is -3.32. The summed E-state index contributed by atoms with van der Waals surface area (Å²) in [4.78, 5) is 4.74. The van der Waals surface area contributed by atoms with Crippen molar-refractivity contribution in [1.82, 2.24) is 9.55 Å². The summed E-state index contributed by atoms with van der Waals surface area (Å²) in [5.41, 5.74) is 1.33. The van der Waals surface area contributed by atoms with Gasteiger partial charge in [0.05, 0.1) is 16.3 Å². The van der Waals surface area contributed by atoms with Crippen molar-refractivity contribution >= 4 is 32.5 Å². The quantitative estimate of drug-likeness (QED) is 0.805. The van der Waals surface area contributed by atoms with Crippen LogP contribution in [0.2, 0.25) is 0 Å². The van der Waals surface area contributed by atoms with Gasteiger partial charge in [-0.3, -0.25) is 0 Å². The standard InChI is InChI=1S/C15H21ClN2O2S/c1-10(15(2,3)4)18-11-7-6-8-12(21(5,19)20)14(11)17-13(18)9-16/h6-8,10H,9H2,1-5H3. The summed E-state index contributed by atoms with van der Waals surface area (Å²) in [5, 5.41) is 0. The molecule has 1 aromatic heterocycles. The number of imidazole rings is 1. The molecule has 1 unspecified atom stereocenters. The molecule has 0 N–H and O–H groups in total. The molecule has 21 heavy (non-hydrogen) atoms. The third-order valence-corrected chi connectivity index (χ3v) is 5.28. The highest BCUT2D eigenvalue weighted by Crippen LogP contribution is 2.35. The van der Waals surface area contributed by atoms with E-state index in [-0.39, 0.29) is 22.2 Å². The minimum Gasteiger partial charge on any atom is -0.324 e. The number of nitrogens with zero attached hydrogens (tertiary/aromatic N) is 2. The first-order valence-corrected chi connectivity index (χ1v) is 9.26. The van der Waals surface area contributed by atoms with Gasteiger partial charge in [0, 0.05) is 12.3 Å². The molecule has 0 saturated heterocycles. The molecule has 2 rings (SSSR count). The summed E-state index contributed by atoms with van der Waals surface area (Å²) in [6.07, 6.45) is 1.20. The van der Waals surface area contributed by atoms with E-state index in [0.29, 0.717) is 11.3 Å². The van der Waals surface area contributed by atoms with Gasteiger partial charge in [0.15, 0.2) is 9.84 Å². The lowest BCUT2D eigenvalue weighted by Gasteiger charge is -2.30. The SMILES string of the molecule is CC(n1c(CCl)nc2c(S(C)(=O)=O)cccc21)C(C)(C)C. The molecule has 0 fully saturated rings. The van der Waals surface area contributed by atoms with E-state index in [0.717, 1.165) is 5.52 Å². The van der Waals surface area contributed by atoms with Crippen molar-refractivity contribution in [3.63, 3.8) is 0 Å². The van der Waals surface area contributed by atoms with Crippen LogP contribution >= 0.6 is 11.6 Å². The summed E-state index contributed by atoms with van der Waals surface area (Å²) in [6.45, 7) is 8.52. The van der Waals surface area contributed by atoms with Gasteiger partial charge in [-0.1, -0.05) is 26.8 Å². The number of sulfone groups is 1. The van der Waals surface area contributed by atoms with Crippen molar-refractivity contribution in [3.05, 3.63) is 24.0 Å². The van der Waals surface area contributed by atoms with Crippen LogP contribution in [0, 0.1) is 5.41 Å². The van der Waals surface area contributed by atoms with Crippen LogP contribution in [0.3, 0.4) is 0 Å². The van der Waals surface area contributed by atoms with Crippen LogP contribution in [0.15, 0.2) is 23.1 Å². The summed E-state index contributed by atoms with van der Waals surface area (Å²) < 4.78 is 25.9. The Labute approximate surface area is 131 Å². The maximum atomic E-state index is 11.9. The van der Waals surface area contributed by atoms with Crippen molar-refractivity contribution in [2.45, 2.75) is 44.5 Å². The highest BCUT2D eigenvalue weighted by molar-refractivity contribution is 7.91. The van der Waals surface area contributed by atoms with Crippen molar-refractivity contribution < 1.29 is 8.42 Å². The van der Waals surface area contributed by atoms with Gasteiger partial charge in [-0.25, -0.2) is 13.4 Å². The van der Waals surface area contributed by atoms with Gasteiger partial charge < -0.3 is 4.57 Å². The first kappa shape index (κ1) is 16.3. The molecule has 0 aliphatic rings. The molecule has 0 radical (unpaired) electrons. The van der Waals surface area contributed by atoms with E-state index in [4.69, 9.17) is 11.6 Å². The van der Waals surface area contributed by atoms with Crippen LogP contribution in [0.1, 0.15) is 39.6 Å². The predicted octanol–water partition coefficient (Wildman–Crippen LogP) is 3.79. The highest BCUT2D eigenvalue weighted by atomic mass is 35.5. The molecule has 0 amide bonds. The van der Waals surface area contributed by atoms with E-state index in [1.807, 2.05) is 6.07 Å². The Bertz CT molecular complexity index is 773. The van der Waals surface area contributed by atoms with Crippen molar-refractivity contribution in [2.24, 2.45) is 5.41 Å². The van der Waals surface area contributed by atoms with Crippen LogP contribution in [-0.2, 0) is 15.7 Å². The lowest BCUT2D eigenvalue weighted by atomic mass is 9.87. The fraction of sp³-hybridized carbons (Fsp3) is 0.533. The van der Waals surface area contributed by atoms with Crippen molar-refractivity contribution in [1.29, 1.82) is 0 Å². The number of para-hydroxylation sites is 1. The smallest absolute Gasteiger partial charge is 0.177 e. The molecule has 116 valence electrons. The minimum absolute atomic E-state index is 0.00946. The van der Waals surface area contributed by atoms with E-state index in [2.05, 4.69) is 37.2 Å². The molecule has 0 aliphatic heterocycles. The maximum Gasteiger partial charge on any atom is 0.177 e.